The number of aliphatic hydroxyl groups excluding tert-OH is 1. The molecule has 20 heavy (non-hydrogen) atoms. The van der Waals surface area contributed by atoms with Crippen molar-refractivity contribution >= 4 is 0 Å². The average Bonchev–Trinajstić information content (AvgIpc) is 2.88. The number of hydrogen-bond donors (Lipinski definition) is 1. The highest BCUT2D eigenvalue weighted by molar-refractivity contribution is 5.20. The maximum atomic E-state index is 9.30. The molecule has 1 aromatic carbocycles. The van der Waals surface area contributed by atoms with Gasteiger partial charge in [0.2, 0.25) is 0 Å². The molecule has 108 valence electrons. The monoisotopic (exact) mass is 275 g/mol. The number of ether oxygens (including phenoxy) is 1. The molecule has 2 rings (SSSR count). The van der Waals surface area contributed by atoms with Crippen LogP contribution < -0.4 is 4.74 Å². The standard InChI is InChI=1S/C15H21N3O2/c1-12(2)18-15(14(11-19)16-17-18)9-6-10-20-13-7-4-3-5-8-13/h3-5,7-8,12,19H,6,9-11H2,1-2H3. The van der Waals surface area contributed by atoms with Crippen LogP contribution in [0.4, 0.5) is 0 Å². The van der Waals surface area contributed by atoms with E-state index in [-0.39, 0.29) is 12.6 Å². The van der Waals surface area contributed by atoms with Crippen LogP contribution in [-0.4, -0.2) is 26.7 Å². The molecule has 5 heteroatoms. The quantitative estimate of drug-likeness (QED) is 0.788. The summed E-state index contributed by atoms with van der Waals surface area (Å²) in [6, 6.07) is 10.0. The number of aliphatic hydroxyl groups is 1. The second-order valence-corrected chi connectivity index (χ2v) is 4.94. The average molecular weight is 275 g/mol. The molecule has 0 atom stereocenters. The van der Waals surface area contributed by atoms with Crippen LogP contribution in [0, 0.1) is 0 Å². The summed E-state index contributed by atoms with van der Waals surface area (Å²) in [5, 5.41) is 17.4. The van der Waals surface area contributed by atoms with Crippen LogP contribution in [-0.2, 0) is 13.0 Å². The minimum atomic E-state index is -0.0679. The third kappa shape index (κ3) is 3.57. The zero-order valence-corrected chi connectivity index (χ0v) is 12.0. The molecule has 0 aliphatic carbocycles. The third-order valence-corrected chi connectivity index (χ3v) is 3.08. The molecule has 5 nitrogen and oxygen atoms in total. The van der Waals surface area contributed by atoms with Gasteiger partial charge < -0.3 is 9.84 Å². The van der Waals surface area contributed by atoms with Crippen molar-refractivity contribution in [2.75, 3.05) is 6.61 Å². The van der Waals surface area contributed by atoms with Gasteiger partial charge >= 0.3 is 0 Å². The van der Waals surface area contributed by atoms with Crippen LogP contribution in [0.25, 0.3) is 0 Å². The zero-order valence-electron chi connectivity index (χ0n) is 12.0. The van der Waals surface area contributed by atoms with Gasteiger partial charge in [-0.2, -0.15) is 0 Å². The van der Waals surface area contributed by atoms with Gasteiger partial charge in [0.25, 0.3) is 0 Å². The maximum absolute atomic E-state index is 9.30. The predicted molar refractivity (Wildman–Crippen MR) is 76.6 cm³/mol. The van der Waals surface area contributed by atoms with Crippen molar-refractivity contribution in [1.82, 2.24) is 15.0 Å². The first-order valence-corrected chi connectivity index (χ1v) is 6.94. The van der Waals surface area contributed by atoms with Crippen molar-refractivity contribution in [2.45, 2.75) is 39.3 Å². The highest BCUT2D eigenvalue weighted by Crippen LogP contribution is 2.15. The SMILES string of the molecule is CC(C)n1nnc(CO)c1CCCOc1ccccc1. The van der Waals surface area contributed by atoms with Crippen LogP contribution in [0.3, 0.4) is 0 Å². The highest BCUT2D eigenvalue weighted by Gasteiger charge is 2.13. The predicted octanol–water partition coefficient (Wildman–Crippen LogP) is 2.36. The van der Waals surface area contributed by atoms with E-state index in [0.717, 1.165) is 24.3 Å². The van der Waals surface area contributed by atoms with Crippen LogP contribution >= 0.6 is 0 Å². The van der Waals surface area contributed by atoms with Crippen LogP contribution in [0.5, 0.6) is 5.75 Å². The fraction of sp³-hybridized carbons (Fsp3) is 0.467. The summed E-state index contributed by atoms with van der Waals surface area (Å²) in [6.45, 7) is 4.68. The Morgan fingerprint density at radius 1 is 1.25 bits per heavy atom. The Morgan fingerprint density at radius 2 is 2.00 bits per heavy atom. The van der Waals surface area contributed by atoms with Gasteiger partial charge in [0.1, 0.15) is 11.4 Å². The van der Waals surface area contributed by atoms with Crippen molar-refractivity contribution in [1.29, 1.82) is 0 Å². The first-order valence-electron chi connectivity index (χ1n) is 6.94. The number of hydrogen-bond acceptors (Lipinski definition) is 4. The molecule has 0 amide bonds. The first kappa shape index (κ1) is 14.5. The molecule has 0 aliphatic rings. The zero-order chi connectivity index (χ0) is 14.4. The number of para-hydroxylation sites is 1. The Balaban J connectivity index is 1.89. The van der Waals surface area contributed by atoms with E-state index in [2.05, 4.69) is 24.2 Å². The molecule has 0 saturated heterocycles. The van der Waals surface area contributed by atoms with Crippen molar-refractivity contribution in [3.05, 3.63) is 41.7 Å². The van der Waals surface area contributed by atoms with Crippen molar-refractivity contribution in [3.8, 4) is 5.75 Å². The number of benzene rings is 1. The molecule has 1 N–H and O–H groups in total. The molecule has 0 spiro atoms. The van der Waals surface area contributed by atoms with Crippen molar-refractivity contribution < 1.29 is 9.84 Å². The molecule has 0 radical (unpaired) electrons. The summed E-state index contributed by atoms with van der Waals surface area (Å²) in [5.74, 6) is 0.880. The van der Waals surface area contributed by atoms with E-state index in [1.807, 2.05) is 35.0 Å². The second kappa shape index (κ2) is 7.05. The molecule has 0 saturated carbocycles. The normalized spacial score (nSPS) is 11.0. The molecule has 1 aromatic heterocycles. The van der Waals surface area contributed by atoms with Crippen LogP contribution in [0.15, 0.2) is 30.3 Å². The lowest BCUT2D eigenvalue weighted by Crippen LogP contribution is -2.10. The minimum Gasteiger partial charge on any atom is -0.494 e. The maximum Gasteiger partial charge on any atom is 0.119 e. The van der Waals surface area contributed by atoms with Crippen molar-refractivity contribution in [2.24, 2.45) is 0 Å². The number of nitrogens with zero attached hydrogens (tertiary/aromatic N) is 3. The van der Waals surface area contributed by atoms with E-state index in [1.54, 1.807) is 0 Å². The minimum absolute atomic E-state index is 0.0679. The van der Waals surface area contributed by atoms with Gasteiger partial charge in [-0.05, 0) is 38.8 Å². The first-order chi connectivity index (χ1) is 9.72. The van der Waals surface area contributed by atoms with Gasteiger partial charge in [0.05, 0.1) is 18.9 Å². The summed E-state index contributed by atoms with van der Waals surface area (Å²) < 4.78 is 7.53. The molecule has 2 aromatic rings. The third-order valence-electron chi connectivity index (χ3n) is 3.08. The van der Waals surface area contributed by atoms with E-state index in [1.165, 1.54) is 0 Å². The van der Waals surface area contributed by atoms with Crippen molar-refractivity contribution in [3.63, 3.8) is 0 Å². The van der Waals surface area contributed by atoms with E-state index in [0.29, 0.717) is 12.3 Å². The Labute approximate surface area is 119 Å². The smallest absolute Gasteiger partial charge is 0.119 e. The Bertz CT molecular complexity index is 523. The largest absolute Gasteiger partial charge is 0.494 e. The lowest BCUT2D eigenvalue weighted by Gasteiger charge is -2.11. The number of aromatic nitrogens is 3. The molecule has 0 unspecified atom stereocenters. The van der Waals surface area contributed by atoms with E-state index in [4.69, 9.17) is 4.74 Å². The summed E-state index contributed by atoms with van der Waals surface area (Å²) in [6.07, 6.45) is 1.66. The van der Waals surface area contributed by atoms with Gasteiger partial charge in [-0.15, -0.1) is 5.10 Å². The molecule has 0 aliphatic heterocycles. The molecular formula is C15H21N3O2. The van der Waals surface area contributed by atoms with Crippen LogP contribution in [0.2, 0.25) is 0 Å². The molecule has 1 heterocycles. The summed E-state index contributed by atoms with van der Waals surface area (Å²) in [4.78, 5) is 0. The lowest BCUT2D eigenvalue weighted by atomic mass is 10.2. The van der Waals surface area contributed by atoms with Gasteiger partial charge in [0, 0.05) is 6.04 Å². The van der Waals surface area contributed by atoms with Crippen LogP contribution in [0.1, 0.15) is 37.7 Å². The Morgan fingerprint density at radius 3 is 2.65 bits per heavy atom. The van der Waals surface area contributed by atoms with Gasteiger partial charge in [-0.25, -0.2) is 4.68 Å². The highest BCUT2D eigenvalue weighted by atomic mass is 16.5. The van der Waals surface area contributed by atoms with E-state index >= 15 is 0 Å². The lowest BCUT2D eigenvalue weighted by molar-refractivity contribution is 0.274. The van der Waals surface area contributed by atoms with Gasteiger partial charge in [0.15, 0.2) is 0 Å². The topological polar surface area (TPSA) is 60.2 Å². The molecular weight excluding hydrogens is 254 g/mol. The fourth-order valence-corrected chi connectivity index (χ4v) is 2.09. The molecule has 0 bridgehead atoms. The summed E-state index contributed by atoms with van der Waals surface area (Å²) >= 11 is 0. The molecule has 0 fully saturated rings. The van der Waals surface area contributed by atoms with E-state index in [9.17, 15) is 5.11 Å². The summed E-state index contributed by atoms with van der Waals surface area (Å²) in [5.41, 5.74) is 1.66. The second-order valence-electron chi connectivity index (χ2n) is 4.94. The summed E-state index contributed by atoms with van der Waals surface area (Å²) in [7, 11) is 0. The fourth-order valence-electron chi connectivity index (χ4n) is 2.09. The van der Waals surface area contributed by atoms with Gasteiger partial charge in [-0.3, -0.25) is 0 Å². The van der Waals surface area contributed by atoms with E-state index < -0.39 is 0 Å². The van der Waals surface area contributed by atoms with Gasteiger partial charge in [-0.1, -0.05) is 23.4 Å². The number of rotatable bonds is 7. The Hall–Kier alpha value is -1.88. The Kier molecular flexibility index (Phi) is 5.12.